The van der Waals surface area contributed by atoms with E-state index in [0.717, 1.165) is 13.8 Å². The van der Waals surface area contributed by atoms with Crippen LogP contribution in [0.2, 0.25) is 0 Å². The van der Waals surface area contributed by atoms with Crippen LogP contribution in [0, 0.1) is 0 Å². The lowest BCUT2D eigenvalue weighted by molar-refractivity contribution is -0.153. The topological polar surface area (TPSA) is 165 Å². The van der Waals surface area contributed by atoms with Crippen LogP contribution in [0.1, 0.15) is 35.3 Å². The molecule has 4 N–H and O–H groups in total. The number of rotatable bonds is 10. The molecular weight excluding hydrogens is 518 g/mol. The zero-order chi connectivity index (χ0) is 29.3. The number of hydrogen-bond acceptors (Lipinski definition) is 8. The third kappa shape index (κ3) is 7.29. The minimum absolute atomic E-state index is 0.0596. The predicted molar refractivity (Wildman–Crippen MR) is 143 cm³/mol. The molecule has 0 fully saturated rings. The van der Waals surface area contributed by atoms with Gasteiger partial charge in [-0.2, -0.15) is 0 Å². The van der Waals surface area contributed by atoms with Gasteiger partial charge in [-0.1, -0.05) is 72.8 Å². The quantitative estimate of drug-likeness (QED) is 0.197. The molecule has 3 aromatic carbocycles. The van der Waals surface area contributed by atoms with Crippen LogP contribution in [0.4, 0.5) is 4.79 Å². The summed E-state index contributed by atoms with van der Waals surface area (Å²) in [4.78, 5) is 64.7. The van der Waals surface area contributed by atoms with Gasteiger partial charge in [-0.3, -0.25) is 14.4 Å². The van der Waals surface area contributed by atoms with Crippen LogP contribution in [0.5, 0.6) is 5.75 Å². The minimum Gasteiger partial charge on any atom is -0.478 e. The summed E-state index contributed by atoms with van der Waals surface area (Å²) >= 11 is 0. The number of carboxylic acids is 1. The zero-order valence-corrected chi connectivity index (χ0v) is 21.9. The number of nitrogens with one attached hydrogen (secondary N) is 1. The molecule has 11 nitrogen and oxygen atoms in total. The summed E-state index contributed by atoms with van der Waals surface area (Å²) in [5.74, 6) is -4.85. The molecule has 3 amide bonds. The highest BCUT2D eigenvalue weighted by atomic mass is 16.6. The number of amides is 3. The first kappa shape index (κ1) is 29.5. The Labute approximate surface area is 230 Å². The molecule has 0 spiro atoms. The van der Waals surface area contributed by atoms with Gasteiger partial charge in [-0.15, -0.1) is 0 Å². The van der Waals surface area contributed by atoms with Crippen molar-refractivity contribution in [3.05, 3.63) is 102 Å². The highest BCUT2D eigenvalue weighted by Crippen LogP contribution is 2.25. The van der Waals surface area contributed by atoms with Gasteiger partial charge in [0.2, 0.25) is 11.6 Å². The van der Waals surface area contributed by atoms with Gasteiger partial charge >= 0.3 is 18.0 Å². The van der Waals surface area contributed by atoms with E-state index in [-0.39, 0.29) is 29.2 Å². The first-order valence-electron chi connectivity index (χ1n) is 12.2. The molecule has 0 bridgehead atoms. The van der Waals surface area contributed by atoms with E-state index in [9.17, 15) is 29.1 Å². The van der Waals surface area contributed by atoms with Crippen LogP contribution in [0.15, 0.2) is 84.9 Å². The zero-order valence-electron chi connectivity index (χ0n) is 21.9. The molecule has 0 saturated carbocycles. The van der Waals surface area contributed by atoms with Crippen molar-refractivity contribution >= 4 is 29.8 Å². The molecule has 3 aromatic rings. The van der Waals surface area contributed by atoms with E-state index in [0.29, 0.717) is 11.1 Å². The first-order chi connectivity index (χ1) is 19.0. The molecule has 0 unspecified atom stereocenters. The summed E-state index contributed by atoms with van der Waals surface area (Å²) in [6, 6.07) is 21.5. The van der Waals surface area contributed by atoms with Gasteiger partial charge in [0, 0.05) is 6.92 Å². The van der Waals surface area contributed by atoms with Crippen molar-refractivity contribution in [3.8, 4) is 5.75 Å². The second-order valence-electron chi connectivity index (χ2n) is 8.93. The number of esters is 1. The second kappa shape index (κ2) is 13.2. The van der Waals surface area contributed by atoms with Crippen molar-refractivity contribution < 1.29 is 38.6 Å². The number of carboxylic acid groups (broad SMARTS) is 1. The summed E-state index contributed by atoms with van der Waals surface area (Å²) in [5.41, 5.74) is 4.36. The Balaban J connectivity index is 1.99. The Morgan fingerprint density at radius 2 is 1.45 bits per heavy atom. The van der Waals surface area contributed by atoms with Crippen LogP contribution in [0.25, 0.3) is 0 Å². The molecule has 2 atom stereocenters. The van der Waals surface area contributed by atoms with Crippen LogP contribution in [-0.2, 0) is 32.1 Å². The third-order valence-electron chi connectivity index (χ3n) is 5.83. The van der Waals surface area contributed by atoms with Gasteiger partial charge in [0.25, 0.3) is 5.91 Å². The fourth-order valence-corrected chi connectivity index (χ4v) is 3.76. The van der Waals surface area contributed by atoms with E-state index in [4.69, 9.17) is 15.2 Å². The number of nitrogens with two attached hydrogens (primary N) is 1. The molecular formula is C29H29N3O8. The lowest BCUT2D eigenvalue weighted by Crippen LogP contribution is -2.68. The standard InChI is InChI=1S/C29H29N3O8/c1-19(33)40-24-16-10-9-15-22(24)26(35)32(28(38)39-18-21-13-7-4-8-14-21)29(2,27(36)37)31-25(34)23(30)17-20-11-5-3-6-12-20/h3-16,23H,17-18,30H2,1-2H3,(H,31,34)(H,36,37)/t23-,29-/m0/s1. The van der Waals surface area contributed by atoms with Crippen molar-refractivity contribution in [2.45, 2.75) is 38.6 Å². The monoisotopic (exact) mass is 547 g/mol. The average molecular weight is 548 g/mol. The molecule has 0 aliphatic carbocycles. The summed E-state index contributed by atoms with van der Waals surface area (Å²) < 4.78 is 10.4. The molecule has 0 radical (unpaired) electrons. The number of imide groups is 1. The van der Waals surface area contributed by atoms with E-state index >= 15 is 0 Å². The Bertz CT molecular complexity index is 1380. The molecule has 0 aromatic heterocycles. The highest BCUT2D eigenvalue weighted by molar-refractivity contribution is 6.09. The normalized spacial score (nSPS) is 12.8. The van der Waals surface area contributed by atoms with E-state index in [1.165, 1.54) is 24.3 Å². The summed E-state index contributed by atoms with van der Waals surface area (Å²) in [6.45, 7) is 1.77. The fraction of sp³-hybridized carbons (Fsp3) is 0.207. The van der Waals surface area contributed by atoms with E-state index < -0.39 is 41.6 Å². The van der Waals surface area contributed by atoms with Gasteiger partial charge in [-0.25, -0.2) is 14.5 Å². The number of benzene rings is 3. The van der Waals surface area contributed by atoms with Gasteiger partial charge in [0.15, 0.2) is 0 Å². The van der Waals surface area contributed by atoms with Crippen LogP contribution < -0.4 is 15.8 Å². The van der Waals surface area contributed by atoms with Crippen molar-refractivity contribution in [2.75, 3.05) is 0 Å². The molecule has 0 heterocycles. The number of para-hydroxylation sites is 1. The highest BCUT2D eigenvalue weighted by Gasteiger charge is 2.50. The fourth-order valence-electron chi connectivity index (χ4n) is 3.76. The Hall–Kier alpha value is -5.03. The minimum atomic E-state index is -2.65. The van der Waals surface area contributed by atoms with Gasteiger partial charge in [0.05, 0.1) is 11.6 Å². The number of carbonyl (C=O) groups is 5. The Morgan fingerprint density at radius 1 is 0.900 bits per heavy atom. The number of carbonyl (C=O) groups excluding carboxylic acids is 4. The summed E-state index contributed by atoms with van der Waals surface area (Å²) in [5, 5.41) is 12.5. The van der Waals surface area contributed by atoms with Crippen molar-refractivity contribution in [2.24, 2.45) is 5.73 Å². The van der Waals surface area contributed by atoms with Crippen molar-refractivity contribution in [1.29, 1.82) is 0 Å². The molecule has 3 rings (SSSR count). The molecule has 208 valence electrons. The maximum Gasteiger partial charge on any atom is 0.419 e. The first-order valence-corrected chi connectivity index (χ1v) is 12.2. The van der Waals surface area contributed by atoms with E-state index in [2.05, 4.69) is 5.32 Å². The second-order valence-corrected chi connectivity index (χ2v) is 8.93. The Morgan fingerprint density at radius 3 is 2.02 bits per heavy atom. The smallest absolute Gasteiger partial charge is 0.419 e. The van der Waals surface area contributed by atoms with Gasteiger partial charge in [-0.05, 0) is 36.6 Å². The maximum atomic E-state index is 13.8. The van der Waals surface area contributed by atoms with Gasteiger partial charge < -0.3 is 25.6 Å². The summed E-state index contributed by atoms with van der Waals surface area (Å²) in [7, 11) is 0. The average Bonchev–Trinajstić information content (AvgIpc) is 2.93. The van der Waals surface area contributed by atoms with Crippen LogP contribution in [-0.4, -0.2) is 51.6 Å². The predicted octanol–water partition coefficient (Wildman–Crippen LogP) is 2.88. The van der Waals surface area contributed by atoms with Crippen molar-refractivity contribution in [3.63, 3.8) is 0 Å². The lowest BCUT2D eigenvalue weighted by atomic mass is 10.0. The number of aliphatic carboxylic acids is 1. The molecule has 11 heteroatoms. The Kier molecular flexibility index (Phi) is 9.71. The number of nitrogens with zero attached hydrogens (tertiary/aromatic N) is 1. The largest absolute Gasteiger partial charge is 0.478 e. The molecule has 40 heavy (non-hydrogen) atoms. The molecule has 0 aliphatic rings. The third-order valence-corrected chi connectivity index (χ3v) is 5.83. The van der Waals surface area contributed by atoms with Crippen molar-refractivity contribution in [1.82, 2.24) is 10.2 Å². The number of hydrogen-bond donors (Lipinski definition) is 3. The van der Waals surface area contributed by atoms with Gasteiger partial charge in [0.1, 0.15) is 12.4 Å². The molecule has 0 saturated heterocycles. The van der Waals surface area contributed by atoms with Crippen LogP contribution in [0.3, 0.4) is 0 Å². The molecule has 0 aliphatic heterocycles. The van der Waals surface area contributed by atoms with E-state index in [1.54, 1.807) is 60.7 Å². The maximum absolute atomic E-state index is 13.8. The van der Waals surface area contributed by atoms with Crippen LogP contribution >= 0.6 is 0 Å². The SMILES string of the molecule is CC(=O)Oc1ccccc1C(=O)N(C(=O)OCc1ccccc1)[C@](C)(NC(=O)[C@@H](N)Cc1ccccc1)C(=O)O. The number of ether oxygens (including phenoxy) is 2. The summed E-state index contributed by atoms with van der Waals surface area (Å²) in [6.07, 6.45) is -1.31. The van der Waals surface area contributed by atoms with E-state index in [1.807, 2.05) is 0 Å². The lowest BCUT2D eigenvalue weighted by Gasteiger charge is -2.36.